The van der Waals surface area contributed by atoms with Gasteiger partial charge in [0.15, 0.2) is 5.16 Å². The van der Waals surface area contributed by atoms with E-state index in [1.165, 1.54) is 11.8 Å². The Labute approximate surface area is 52.5 Å². The fourth-order valence-electron chi connectivity index (χ4n) is 0.526. The minimum Gasteiger partial charge on any atom is -0.199 e. The zero-order chi connectivity index (χ0) is 5.98. The summed E-state index contributed by atoms with van der Waals surface area (Å²) in [5.41, 5.74) is 0.751. The maximum atomic E-state index is 12.4. The molecule has 2 heteroatoms. The molecular weight excluding hydrogens is 123 g/mol. The monoisotopic (exact) mass is 130 g/mol. The second-order valence-corrected chi connectivity index (χ2v) is 2.65. The van der Waals surface area contributed by atoms with E-state index in [0.29, 0.717) is 0 Å². The van der Waals surface area contributed by atoms with Gasteiger partial charge in [0, 0.05) is 5.75 Å². The maximum Gasteiger partial charge on any atom is 0.159 e. The molecule has 0 aliphatic carbocycles. The molecule has 0 N–H and O–H groups in total. The lowest BCUT2D eigenvalue weighted by molar-refractivity contribution is 0.690. The predicted molar refractivity (Wildman–Crippen MR) is 35.4 cm³/mol. The second-order valence-electron chi connectivity index (χ2n) is 1.67. The van der Waals surface area contributed by atoms with E-state index in [9.17, 15) is 4.39 Å². The van der Waals surface area contributed by atoms with Crippen LogP contribution in [0.4, 0.5) is 4.39 Å². The zero-order valence-electron chi connectivity index (χ0n) is 4.65. The average Bonchev–Trinajstić information content (AvgIpc) is 1.77. The third kappa shape index (κ3) is 1.13. The van der Waals surface area contributed by atoms with Crippen LogP contribution in [0.2, 0.25) is 0 Å². The van der Waals surface area contributed by atoms with Crippen LogP contribution in [0, 0.1) is 0 Å². The summed E-state index contributed by atoms with van der Waals surface area (Å²) in [7, 11) is 0. The van der Waals surface area contributed by atoms with E-state index in [0.717, 1.165) is 11.3 Å². The van der Waals surface area contributed by atoms with Gasteiger partial charge in [0.2, 0.25) is 0 Å². The van der Waals surface area contributed by atoms with Gasteiger partial charge in [-0.25, -0.2) is 0 Å². The highest BCUT2D eigenvalue weighted by atomic mass is 32.2. The average molecular weight is 130 g/mol. The Morgan fingerprint density at radius 1 is 1.75 bits per heavy atom. The summed E-state index contributed by atoms with van der Waals surface area (Å²) in [5, 5.41) is -0.0347. The van der Waals surface area contributed by atoms with Crippen LogP contribution < -0.4 is 0 Å². The fourth-order valence-corrected chi connectivity index (χ4v) is 1.16. The van der Waals surface area contributed by atoms with Crippen LogP contribution in [0.3, 0.4) is 0 Å². The van der Waals surface area contributed by atoms with Gasteiger partial charge in [-0.15, -0.1) is 0 Å². The van der Waals surface area contributed by atoms with Gasteiger partial charge in [0.05, 0.1) is 0 Å². The largest absolute Gasteiger partial charge is 0.199 e. The normalized spacial score (nSPS) is 19.8. The molecule has 8 heavy (non-hydrogen) atoms. The van der Waals surface area contributed by atoms with Crippen molar-refractivity contribution in [2.45, 2.75) is 6.92 Å². The molecule has 0 saturated carbocycles. The number of halogens is 1. The highest BCUT2D eigenvalue weighted by Crippen LogP contribution is 2.25. The van der Waals surface area contributed by atoms with Gasteiger partial charge in [-0.3, -0.25) is 0 Å². The zero-order valence-corrected chi connectivity index (χ0v) is 5.46. The van der Waals surface area contributed by atoms with Crippen molar-refractivity contribution in [2.75, 3.05) is 5.75 Å². The van der Waals surface area contributed by atoms with E-state index in [-0.39, 0.29) is 5.16 Å². The first-order valence-corrected chi connectivity index (χ1v) is 3.45. The van der Waals surface area contributed by atoms with E-state index in [1.54, 1.807) is 6.92 Å². The van der Waals surface area contributed by atoms with Crippen LogP contribution in [-0.2, 0) is 0 Å². The smallest absolute Gasteiger partial charge is 0.159 e. The number of hydrogen-bond acceptors (Lipinski definition) is 1. The van der Waals surface area contributed by atoms with Gasteiger partial charge < -0.3 is 0 Å². The quantitative estimate of drug-likeness (QED) is 0.485. The van der Waals surface area contributed by atoms with Crippen LogP contribution in [0.25, 0.3) is 0 Å². The Morgan fingerprint density at radius 2 is 2.50 bits per heavy atom. The molecule has 0 amide bonds. The number of thioether (sulfide) groups is 1. The summed E-state index contributed by atoms with van der Waals surface area (Å²) < 4.78 is 12.4. The molecule has 1 rings (SSSR count). The summed E-state index contributed by atoms with van der Waals surface area (Å²) in [6.07, 6.45) is 3.77. The summed E-state index contributed by atoms with van der Waals surface area (Å²) in [6, 6.07) is 0. The number of hydrogen-bond donors (Lipinski definition) is 0. The first-order valence-electron chi connectivity index (χ1n) is 2.46. The lowest BCUT2D eigenvalue weighted by atomic mass is 10.3. The van der Waals surface area contributed by atoms with Crippen molar-refractivity contribution < 1.29 is 4.39 Å². The first-order chi connectivity index (χ1) is 3.80. The molecule has 0 aromatic carbocycles. The number of rotatable bonds is 0. The van der Waals surface area contributed by atoms with Crippen molar-refractivity contribution in [1.82, 2.24) is 0 Å². The Hall–Kier alpha value is -0.240. The lowest BCUT2D eigenvalue weighted by Crippen LogP contribution is -1.82. The Kier molecular flexibility index (Phi) is 1.73. The van der Waals surface area contributed by atoms with Crippen molar-refractivity contribution >= 4 is 11.8 Å². The molecular formula is C6H7FS. The van der Waals surface area contributed by atoms with Gasteiger partial charge in [0.25, 0.3) is 0 Å². The molecule has 0 bridgehead atoms. The van der Waals surface area contributed by atoms with Crippen molar-refractivity contribution in [1.29, 1.82) is 0 Å². The van der Waals surface area contributed by atoms with Gasteiger partial charge in [-0.2, -0.15) is 4.39 Å². The topological polar surface area (TPSA) is 0 Å². The van der Waals surface area contributed by atoms with Gasteiger partial charge in [-0.1, -0.05) is 23.9 Å². The van der Waals surface area contributed by atoms with Gasteiger partial charge >= 0.3 is 0 Å². The molecule has 0 nitrogen and oxygen atoms in total. The minimum absolute atomic E-state index is 0.0347. The van der Waals surface area contributed by atoms with E-state index >= 15 is 0 Å². The van der Waals surface area contributed by atoms with E-state index in [4.69, 9.17) is 0 Å². The summed E-state index contributed by atoms with van der Waals surface area (Å²) in [4.78, 5) is 0. The molecule has 1 aliphatic rings. The summed E-state index contributed by atoms with van der Waals surface area (Å²) >= 11 is 1.25. The van der Waals surface area contributed by atoms with E-state index in [1.807, 2.05) is 12.2 Å². The standard InChI is InChI=1S/C6H7FS/c1-5-3-2-4-8-6(5)7/h2-3H,4H2,1H3. The molecule has 44 valence electrons. The van der Waals surface area contributed by atoms with Crippen molar-refractivity contribution in [3.63, 3.8) is 0 Å². The first kappa shape index (κ1) is 5.89. The molecule has 0 saturated heterocycles. The lowest BCUT2D eigenvalue weighted by Gasteiger charge is -2.01. The van der Waals surface area contributed by atoms with Gasteiger partial charge in [-0.05, 0) is 12.5 Å². The predicted octanol–water partition coefficient (Wildman–Crippen LogP) is 2.49. The fraction of sp³-hybridized carbons (Fsp3) is 0.333. The van der Waals surface area contributed by atoms with E-state index < -0.39 is 0 Å². The van der Waals surface area contributed by atoms with Crippen molar-refractivity contribution in [3.05, 3.63) is 22.9 Å². The van der Waals surface area contributed by atoms with Gasteiger partial charge in [0.1, 0.15) is 0 Å². The molecule has 0 unspecified atom stereocenters. The Morgan fingerprint density at radius 3 is 2.88 bits per heavy atom. The van der Waals surface area contributed by atoms with Crippen LogP contribution >= 0.6 is 11.8 Å². The highest BCUT2D eigenvalue weighted by Gasteiger charge is 2.01. The molecule has 0 fully saturated rings. The molecule has 1 aliphatic heterocycles. The van der Waals surface area contributed by atoms with Crippen LogP contribution in [0.1, 0.15) is 6.92 Å². The minimum atomic E-state index is -0.0347. The third-order valence-corrected chi connectivity index (χ3v) is 1.92. The Bertz CT molecular complexity index is 147. The molecule has 0 atom stereocenters. The SMILES string of the molecule is CC1=C(F)SCC=C1. The molecule has 1 heterocycles. The second kappa shape index (κ2) is 2.35. The summed E-state index contributed by atoms with van der Waals surface area (Å²) in [6.45, 7) is 1.78. The van der Waals surface area contributed by atoms with Crippen LogP contribution in [0.5, 0.6) is 0 Å². The molecule has 0 spiro atoms. The Balaban J connectivity index is 2.76. The summed E-state index contributed by atoms with van der Waals surface area (Å²) in [5.74, 6) is 0.781. The highest BCUT2D eigenvalue weighted by molar-refractivity contribution is 8.03. The molecule has 0 radical (unpaired) electrons. The number of allylic oxidation sites excluding steroid dienone is 2. The van der Waals surface area contributed by atoms with E-state index in [2.05, 4.69) is 0 Å². The molecule has 0 aromatic heterocycles. The van der Waals surface area contributed by atoms with Crippen molar-refractivity contribution in [2.24, 2.45) is 0 Å². The third-order valence-electron chi connectivity index (χ3n) is 0.984. The maximum absolute atomic E-state index is 12.4. The van der Waals surface area contributed by atoms with Crippen LogP contribution in [-0.4, -0.2) is 5.75 Å². The van der Waals surface area contributed by atoms with Crippen molar-refractivity contribution in [3.8, 4) is 0 Å². The molecule has 0 aromatic rings. The van der Waals surface area contributed by atoms with Crippen LogP contribution in [0.15, 0.2) is 22.9 Å².